The molecule has 0 fully saturated rings. The van der Waals surface area contributed by atoms with Crippen molar-refractivity contribution in [2.24, 2.45) is 5.73 Å². The number of hydrogen-bond donors (Lipinski definition) is 1. The summed E-state index contributed by atoms with van der Waals surface area (Å²) in [5.41, 5.74) is 9.51. The number of rotatable bonds is 3. The maximum absolute atomic E-state index is 11.6. The third kappa shape index (κ3) is 2.89. The number of aromatic nitrogens is 2. The van der Waals surface area contributed by atoms with Crippen molar-refractivity contribution < 1.29 is 9.66 Å². The highest BCUT2D eigenvalue weighted by Gasteiger charge is 2.39. The SMILES string of the molecule is Cc1ccc(-n2nc(C)c3c2OC(N)=C(C#N)[C@H]3c2ccccc2[N+](=O)[O-])cc1. The van der Waals surface area contributed by atoms with E-state index in [-0.39, 0.29) is 17.1 Å². The average molecular weight is 387 g/mol. The fourth-order valence-corrected chi connectivity index (χ4v) is 3.58. The van der Waals surface area contributed by atoms with Crippen LogP contribution in [0.5, 0.6) is 5.88 Å². The van der Waals surface area contributed by atoms with E-state index in [1.54, 1.807) is 29.8 Å². The number of nitro benzene ring substituents is 1. The Morgan fingerprint density at radius 3 is 2.55 bits per heavy atom. The van der Waals surface area contributed by atoms with Gasteiger partial charge in [0, 0.05) is 11.6 Å². The van der Waals surface area contributed by atoms with Gasteiger partial charge in [0.15, 0.2) is 0 Å². The molecule has 0 unspecified atom stereocenters. The zero-order valence-electron chi connectivity index (χ0n) is 15.8. The summed E-state index contributed by atoms with van der Waals surface area (Å²) in [4.78, 5) is 11.2. The Kier molecular flexibility index (Phi) is 4.28. The first-order valence-electron chi connectivity index (χ1n) is 8.89. The fraction of sp³-hybridized carbons (Fsp3) is 0.143. The predicted molar refractivity (Wildman–Crippen MR) is 105 cm³/mol. The van der Waals surface area contributed by atoms with Gasteiger partial charge in [-0.25, -0.2) is 4.68 Å². The van der Waals surface area contributed by atoms with Gasteiger partial charge < -0.3 is 10.5 Å². The maximum atomic E-state index is 11.6. The van der Waals surface area contributed by atoms with Crippen LogP contribution >= 0.6 is 0 Å². The Bertz CT molecular complexity index is 1200. The molecule has 3 aromatic rings. The second kappa shape index (κ2) is 6.80. The molecule has 0 amide bonds. The molecule has 0 bridgehead atoms. The lowest BCUT2D eigenvalue weighted by Crippen LogP contribution is -2.22. The fourth-order valence-electron chi connectivity index (χ4n) is 3.58. The van der Waals surface area contributed by atoms with Crippen LogP contribution in [0.4, 0.5) is 5.69 Å². The van der Waals surface area contributed by atoms with Crippen molar-refractivity contribution in [1.82, 2.24) is 9.78 Å². The van der Waals surface area contributed by atoms with E-state index in [1.807, 2.05) is 31.2 Å². The highest BCUT2D eigenvalue weighted by molar-refractivity contribution is 5.61. The first kappa shape index (κ1) is 18.3. The summed E-state index contributed by atoms with van der Waals surface area (Å²) in [5, 5.41) is 25.9. The number of nitrogens with zero attached hydrogens (tertiary/aromatic N) is 4. The molecular weight excluding hydrogens is 370 g/mol. The normalized spacial score (nSPS) is 15.4. The lowest BCUT2D eigenvalue weighted by molar-refractivity contribution is -0.385. The van der Waals surface area contributed by atoms with Gasteiger partial charge in [0.25, 0.3) is 5.69 Å². The molecule has 2 heterocycles. The van der Waals surface area contributed by atoms with Crippen molar-refractivity contribution in [3.63, 3.8) is 0 Å². The number of fused-ring (bicyclic) bond motifs is 1. The number of ether oxygens (including phenoxy) is 1. The summed E-state index contributed by atoms with van der Waals surface area (Å²) in [6.07, 6.45) is 0. The highest BCUT2D eigenvalue weighted by Crippen LogP contribution is 2.46. The zero-order chi connectivity index (χ0) is 20.7. The molecule has 0 spiro atoms. The van der Waals surface area contributed by atoms with Crippen molar-refractivity contribution in [1.29, 1.82) is 5.26 Å². The van der Waals surface area contributed by atoms with Crippen molar-refractivity contribution in [2.75, 3.05) is 0 Å². The Morgan fingerprint density at radius 1 is 1.21 bits per heavy atom. The molecule has 2 N–H and O–H groups in total. The van der Waals surface area contributed by atoms with Crippen LogP contribution in [0.25, 0.3) is 5.69 Å². The first-order chi connectivity index (χ1) is 13.9. The minimum atomic E-state index is -0.746. The molecule has 8 heteroatoms. The van der Waals surface area contributed by atoms with E-state index >= 15 is 0 Å². The number of nitro groups is 1. The van der Waals surface area contributed by atoms with Crippen LogP contribution < -0.4 is 10.5 Å². The van der Waals surface area contributed by atoms with Crippen molar-refractivity contribution in [2.45, 2.75) is 19.8 Å². The number of nitrogens with two attached hydrogens (primary N) is 1. The second-order valence-electron chi connectivity index (χ2n) is 6.79. The van der Waals surface area contributed by atoms with Gasteiger partial charge in [0.05, 0.1) is 27.8 Å². The average Bonchev–Trinajstić information content (AvgIpc) is 3.03. The lowest BCUT2D eigenvalue weighted by Gasteiger charge is -2.24. The molecule has 0 saturated carbocycles. The molecule has 1 atom stereocenters. The quantitative estimate of drug-likeness (QED) is 0.541. The van der Waals surface area contributed by atoms with Crippen LogP contribution in [0.15, 0.2) is 60.0 Å². The second-order valence-corrected chi connectivity index (χ2v) is 6.79. The molecule has 1 aliphatic rings. The van der Waals surface area contributed by atoms with Gasteiger partial charge in [0.2, 0.25) is 11.8 Å². The van der Waals surface area contributed by atoms with Crippen LogP contribution in [-0.2, 0) is 0 Å². The van der Waals surface area contributed by atoms with E-state index in [9.17, 15) is 15.4 Å². The number of allylic oxidation sites excluding steroid dienone is 1. The maximum Gasteiger partial charge on any atom is 0.273 e. The minimum Gasteiger partial charge on any atom is -0.422 e. The van der Waals surface area contributed by atoms with Gasteiger partial charge in [-0.2, -0.15) is 10.4 Å². The Hall–Kier alpha value is -4.12. The molecule has 2 aromatic carbocycles. The van der Waals surface area contributed by atoms with E-state index < -0.39 is 10.8 Å². The summed E-state index contributed by atoms with van der Waals surface area (Å²) in [6.45, 7) is 3.76. The van der Waals surface area contributed by atoms with Gasteiger partial charge in [-0.15, -0.1) is 0 Å². The summed E-state index contributed by atoms with van der Waals surface area (Å²) >= 11 is 0. The monoisotopic (exact) mass is 387 g/mol. The minimum absolute atomic E-state index is 0.0867. The summed E-state index contributed by atoms with van der Waals surface area (Å²) in [5.74, 6) is -0.480. The third-order valence-corrected chi connectivity index (χ3v) is 4.96. The molecular formula is C21H17N5O3. The van der Waals surface area contributed by atoms with Gasteiger partial charge in [-0.1, -0.05) is 35.9 Å². The molecule has 29 heavy (non-hydrogen) atoms. The molecule has 0 aliphatic carbocycles. The van der Waals surface area contributed by atoms with Gasteiger partial charge in [-0.3, -0.25) is 10.1 Å². The van der Waals surface area contributed by atoms with E-state index in [2.05, 4.69) is 11.2 Å². The third-order valence-electron chi connectivity index (χ3n) is 4.96. The van der Waals surface area contributed by atoms with Crippen molar-refractivity contribution >= 4 is 5.69 Å². The van der Waals surface area contributed by atoms with Crippen LogP contribution in [-0.4, -0.2) is 14.7 Å². The van der Waals surface area contributed by atoms with Gasteiger partial charge >= 0.3 is 0 Å². The van der Waals surface area contributed by atoms with Gasteiger partial charge in [-0.05, 0) is 26.0 Å². The molecule has 0 radical (unpaired) electrons. The Morgan fingerprint density at radius 2 is 1.90 bits per heavy atom. The smallest absolute Gasteiger partial charge is 0.273 e. The standard InChI is InChI=1S/C21H17N5O3/c1-12-7-9-14(10-8-12)25-21-18(13(2)24-25)19(16(11-22)20(23)29-21)15-5-3-4-6-17(15)26(27)28/h3-10,19H,23H2,1-2H3/t19-/m1/s1. The largest absolute Gasteiger partial charge is 0.422 e. The Balaban J connectivity index is 1.99. The summed E-state index contributed by atoms with van der Waals surface area (Å²) in [7, 11) is 0. The van der Waals surface area contributed by atoms with E-state index in [0.29, 0.717) is 22.7 Å². The number of aryl methyl sites for hydroxylation is 2. The highest BCUT2D eigenvalue weighted by atomic mass is 16.6. The molecule has 144 valence electrons. The Labute approximate surface area is 166 Å². The van der Waals surface area contributed by atoms with Crippen LogP contribution in [0.3, 0.4) is 0 Å². The van der Waals surface area contributed by atoms with Crippen LogP contribution in [0, 0.1) is 35.3 Å². The topological polar surface area (TPSA) is 120 Å². The first-order valence-corrected chi connectivity index (χ1v) is 8.89. The number of benzene rings is 2. The van der Waals surface area contributed by atoms with E-state index in [4.69, 9.17) is 10.5 Å². The zero-order valence-corrected chi connectivity index (χ0v) is 15.8. The number of nitriles is 1. The predicted octanol–water partition coefficient (Wildman–Crippen LogP) is 3.62. The van der Waals surface area contributed by atoms with E-state index in [1.165, 1.54) is 6.07 Å². The van der Waals surface area contributed by atoms with Crippen molar-refractivity contribution in [3.8, 4) is 17.6 Å². The summed E-state index contributed by atoms with van der Waals surface area (Å²) < 4.78 is 7.39. The van der Waals surface area contributed by atoms with Gasteiger partial charge in [0.1, 0.15) is 11.6 Å². The molecule has 1 aromatic heterocycles. The molecule has 4 rings (SSSR count). The van der Waals surface area contributed by atoms with E-state index in [0.717, 1.165) is 11.3 Å². The summed E-state index contributed by atoms with van der Waals surface area (Å²) in [6, 6.07) is 16.1. The van der Waals surface area contributed by atoms with Crippen LogP contribution in [0.2, 0.25) is 0 Å². The van der Waals surface area contributed by atoms with Crippen molar-refractivity contribution in [3.05, 3.63) is 92.5 Å². The molecule has 8 nitrogen and oxygen atoms in total. The lowest BCUT2D eigenvalue weighted by atomic mass is 9.83. The van der Waals surface area contributed by atoms with Crippen LogP contribution in [0.1, 0.15) is 28.3 Å². The molecule has 0 saturated heterocycles. The molecule has 1 aliphatic heterocycles. The number of para-hydroxylation sites is 1. The number of hydrogen-bond acceptors (Lipinski definition) is 6.